The van der Waals surface area contributed by atoms with Crippen molar-refractivity contribution in [1.29, 1.82) is 0 Å². The maximum Gasteiger partial charge on any atom is 0.161 e. The summed E-state index contributed by atoms with van der Waals surface area (Å²) in [7, 11) is 1.63. The largest absolute Gasteiger partial charge is 0.493 e. The van der Waals surface area contributed by atoms with Gasteiger partial charge in [0.1, 0.15) is 0 Å². The predicted molar refractivity (Wildman–Crippen MR) is 91.9 cm³/mol. The van der Waals surface area contributed by atoms with Gasteiger partial charge in [-0.3, -0.25) is 0 Å². The molecule has 0 aliphatic rings. The summed E-state index contributed by atoms with van der Waals surface area (Å²) in [5.41, 5.74) is 1.08. The molecule has 2 aromatic rings. The van der Waals surface area contributed by atoms with Crippen LogP contribution < -0.4 is 14.8 Å². The lowest BCUT2D eigenvalue weighted by Gasteiger charge is -2.24. The zero-order chi connectivity index (χ0) is 16.7. The van der Waals surface area contributed by atoms with Gasteiger partial charge in [-0.15, -0.1) is 0 Å². The van der Waals surface area contributed by atoms with Crippen molar-refractivity contribution in [3.63, 3.8) is 0 Å². The van der Waals surface area contributed by atoms with E-state index in [0.29, 0.717) is 19.7 Å². The highest BCUT2D eigenvalue weighted by atomic mass is 16.5. The first kappa shape index (κ1) is 17.3. The van der Waals surface area contributed by atoms with Gasteiger partial charge in [-0.25, -0.2) is 0 Å². The lowest BCUT2D eigenvalue weighted by molar-refractivity contribution is 0.0566. The van der Waals surface area contributed by atoms with E-state index in [1.54, 1.807) is 7.11 Å². The average molecular weight is 315 g/mol. The molecule has 0 radical (unpaired) electrons. The molecule has 23 heavy (non-hydrogen) atoms. The van der Waals surface area contributed by atoms with Crippen molar-refractivity contribution in [2.45, 2.75) is 26.0 Å². The fourth-order valence-corrected chi connectivity index (χ4v) is 2.45. The molecule has 2 aromatic carbocycles. The van der Waals surface area contributed by atoms with Crippen molar-refractivity contribution in [3.05, 3.63) is 59.7 Å². The Labute approximate surface area is 138 Å². The minimum atomic E-state index is -0.906. The summed E-state index contributed by atoms with van der Waals surface area (Å²) in [6.07, 6.45) is 0. The highest BCUT2D eigenvalue weighted by Crippen LogP contribution is 2.28. The van der Waals surface area contributed by atoms with Crippen molar-refractivity contribution < 1.29 is 14.6 Å². The summed E-state index contributed by atoms with van der Waals surface area (Å²) in [5, 5.41) is 13.9. The molecule has 0 spiro atoms. The smallest absolute Gasteiger partial charge is 0.161 e. The number of ether oxygens (including phenoxy) is 2. The van der Waals surface area contributed by atoms with E-state index in [9.17, 15) is 5.11 Å². The van der Waals surface area contributed by atoms with Crippen molar-refractivity contribution >= 4 is 0 Å². The Kier molecular flexibility index (Phi) is 6.02. The van der Waals surface area contributed by atoms with Crippen LogP contribution in [0.2, 0.25) is 0 Å². The van der Waals surface area contributed by atoms with Gasteiger partial charge in [0.05, 0.1) is 19.3 Å². The van der Waals surface area contributed by atoms with E-state index in [2.05, 4.69) is 5.32 Å². The fourth-order valence-electron chi connectivity index (χ4n) is 2.45. The van der Waals surface area contributed by atoms with Gasteiger partial charge in [0, 0.05) is 13.1 Å². The van der Waals surface area contributed by atoms with E-state index in [-0.39, 0.29) is 0 Å². The summed E-state index contributed by atoms with van der Waals surface area (Å²) >= 11 is 0. The van der Waals surface area contributed by atoms with Crippen LogP contribution >= 0.6 is 0 Å². The summed E-state index contributed by atoms with van der Waals surface area (Å²) < 4.78 is 10.9. The number of hydrogen-bond acceptors (Lipinski definition) is 4. The van der Waals surface area contributed by atoms with Crippen LogP contribution in [-0.2, 0) is 12.1 Å². The number of rotatable bonds is 8. The molecule has 4 heteroatoms. The quantitative estimate of drug-likeness (QED) is 0.786. The van der Waals surface area contributed by atoms with Crippen LogP contribution in [0.15, 0.2) is 48.5 Å². The van der Waals surface area contributed by atoms with Gasteiger partial charge in [0.15, 0.2) is 11.5 Å². The van der Waals surface area contributed by atoms with Crippen molar-refractivity contribution in [2.75, 3.05) is 20.3 Å². The van der Waals surface area contributed by atoms with Gasteiger partial charge in [0.2, 0.25) is 0 Å². The molecule has 0 amide bonds. The highest BCUT2D eigenvalue weighted by molar-refractivity contribution is 5.43. The first-order valence-corrected chi connectivity index (χ1v) is 7.85. The molecule has 0 aromatic heterocycles. The lowest BCUT2D eigenvalue weighted by atomic mass is 9.96. The molecule has 1 unspecified atom stereocenters. The number of benzene rings is 2. The second-order valence-electron chi connectivity index (χ2n) is 5.66. The summed E-state index contributed by atoms with van der Waals surface area (Å²) in [6.45, 7) is 5.46. The van der Waals surface area contributed by atoms with Crippen LogP contribution in [0.5, 0.6) is 11.5 Å². The van der Waals surface area contributed by atoms with Crippen LogP contribution in [-0.4, -0.2) is 25.4 Å². The van der Waals surface area contributed by atoms with Crippen LogP contribution in [0.25, 0.3) is 0 Å². The Morgan fingerprint density at radius 2 is 1.83 bits per heavy atom. The molecular weight excluding hydrogens is 290 g/mol. The molecule has 124 valence electrons. The van der Waals surface area contributed by atoms with Gasteiger partial charge in [0.25, 0.3) is 0 Å². The first-order chi connectivity index (χ1) is 11.1. The molecule has 0 saturated heterocycles. The Bertz CT molecular complexity index is 611. The Hall–Kier alpha value is -2.04. The summed E-state index contributed by atoms with van der Waals surface area (Å²) in [4.78, 5) is 0. The third kappa shape index (κ3) is 4.71. The van der Waals surface area contributed by atoms with Gasteiger partial charge in [-0.2, -0.15) is 0 Å². The van der Waals surface area contributed by atoms with E-state index in [1.165, 1.54) is 0 Å². The molecule has 2 rings (SSSR count). The standard InChI is InChI=1S/C19H25NO3/c1-4-23-18-12-15(10-11-17(18)22-3)13-20-14-19(2,21)16-8-6-5-7-9-16/h5-12,20-21H,4,13-14H2,1-3H3. The first-order valence-electron chi connectivity index (χ1n) is 7.85. The lowest BCUT2D eigenvalue weighted by Crippen LogP contribution is -2.35. The molecular formula is C19H25NO3. The second-order valence-corrected chi connectivity index (χ2v) is 5.66. The van der Waals surface area contributed by atoms with E-state index in [0.717, 1.165) is 22.6 Å². The van der Waals surface area contributed by atoms with E-state index in [1.807, 2.05) is 62.4 Å². The summed E-state index contributed by atoms with van der Waals surface area (Å²) in [5.74, 6) is 1.47. The number of methoxy groups -OCH3 is 1. The van der Waals surface area contributed by atoms with Gasteiger partial charge < -0.3 is 19.9 Å². The van der Waals surface area contributed by atoms with Crippen molar-refractivity contribution in [3.8, 4) is 11.5 Å². The van der Waals surface area contributed by atoms with Gasteiger partial charge in [-0.1, -0.05) is 36.4 Å². The molecule has 4 nitrogen and oxygen atoms in total. The molecule has 2 N–H and O–H groups in total. The molecule has 0 aliphatic carbocycles. The third-order valence-electron chi connectivity index (χ3n) is 3.72. The third-order valence-corrected chi connectivity index (χ3v) is 3.72. The molecule has 0 aliphatic heterocycles. The maximum atomic E-state index is 10.6. The fraction of sp³-hybridized carbons (Fsp3) is 0.368. The van der Waals surface area contributed by atoms with E-state index < -0.39 is 5.60 Å². The highest BCUT2D eigenvalue weighted by Gasteiger charge is 2.22. The number of nitrogens with one attached hydrogen (secondary N) is 1. The average Bonchev–Trinajstić information content (AvgIpc) is 2.56. The van der Waals surface area contributed by atoms with E-state index >= 15 is 0 Å². The van der Waals surface area contributed by atoms with Crippen LogP contribution in [0.4, 0.5) is 0 Å². The minimum absolute atomic E-state index is 0.465. The second kappa shape index (κ2) is 7.99. The Morgan fingerprint density at radius 1 is 1.09 bits per heavy atom. The van der Waals surface area contributed by atoms with Crippen molar-refractivity contribution in [2.24, 2.45) is 0 Å². The number of aliphatic hydroxyl groups is 1. The summed E-state index contributed by atoms with van der Waals surface area (Å²) in [6, 6.07) is 15.5. The monoisotopic (exact) mass is 315 g/mol. The Morgan fingerprint density at radius 3 is 2.48 bits per heavy atom. The molecule has 0 fully saturated rings. The van der Waals surface area contributed by atoms with Gasteiger partial charge in [-0.05, 0) is 37.1 Å². The zero-order valence-electron chi connectivity index (χ0n) is 14.0. The topological polar surface area (TPSA) is 50.7 Å². The van der Waals surface area contributed by atoms with Crippen LogP contribution in [0.3, 0.4) is 0 Å². The SMILES string of the molecule is CCOc1cc(CNCC(C)(O)c2ccccc2)ccc1OC. The predicted octanol–water partition coefficient (Wildman–Crippen LogP) is 3.09. The molecule has 0 heterocycles. The van der Waals surface area contributed by atoms with E-state index in [4.69, 9.17) is 9.47 Å². The molecule has 0 bridgehead atoms. The molecule has 1 atom stereocenters. The minimum Gasteiger partial charge on any atom is -0.493 e. The normalized spacial score (nSPS) is 13.4. The Balaban J connectivity index is 1.97. The maximum absolute atomic E-state index is 10.6. The van der Waals surface area contributed by atoms with Gasteiger partial charge >= 0.3 is 0 Å². The number of hydrogen-bond donors (Lipinski definition) is 2. The van der Waals surface area contributed by atoms with Crippen LogP contribution in [0.1, 0.15) is 25.0 Å². The van der Waals surface area contributed by atoms with Crippen molar-refractivity contribution in [1.82, 2.24) is 5.32 Å². The zero-order valence-corrected chi connectivity index (χ0v) is 14.0. The molecule has 0 saturated carbocycles. The van der Waals surface area contributed by atoms with Crippen LogP contribution in [0, 0.1) is 0 Å².